The summed E-state index contributed by atoms with van der Waals surface area (Å²) < 4.78 is 30.4. The van der Waals surface area contributed by atoms with Crippen LogP contribution in [0.25, 0.3) is 11.3 Å². The normalized spacial score (nSPS) is 20.7. The van der Waals surface area contributed by atoms with E-state index in [0.717, 1.165) is 19.4 Å². The number of halogens is 1. The van der Waals surface area contributed by atoms with Crippen LogP contribution in [-0.4, -0.2) is 47.5 Å². The quantitative estimate of drug-likeness (QED) is 0.701. The van der Waals surface area contributed by atoms with Gasteiger partial charge in [0.1, 0.15) is 23.1 Å². The molecular formula is C20H20FN5O3. The van der Waals surface area contributed by atoms with Crippen LogP contribution in [0.5, 0.6) is 5.75 Å². The average molecular weight is 397 g/mol. The maximum absolute atomic E-state index is 14.3. The smallest absolute Gasteiger partial charge is 0.230 e. The van der Waals surface area contributed by atoms with Crippen LogP contribution in [0.15, 0.2) is 41.1 Å². The molecule has 1 aromatic carbocycles. The van der Waals surface area contributed by atoms with Crippen molar-refractivity contribution in [3.63, 3.8) is 0 Å². The summed E-state index contributed by atoms with van der Waals surface area (Å²) in [6.07, 6.45) is 4.12. The topological polar surface area (TPSA) is 85.5 Å². The van der Waals surface area contributed by atoms with Crippen molar-refractivity contribution in [2.24, 2.45) is 0 Å². The molecule has 0 spiro atoms. The highest BCUT2D eigenvalue weighted by Crippen LogP contribution is 2.31. The number of hydrogen-bond acceptors (Lipinski definition) is 8. The summed E-state index contributed by atoms with van der Waals surface area (Å²) in [6, 6.07) is 8.27. The number of nitrogens with zero attached hydrogens (tertiary/aromatic N) is 4. The van der Waals surface area contributed by atoms with E-state index in [9.17, 15) is 4.39 Å². The van der Waals surface area contributed by atoms with E-state index in [1.807, 2.05) is 0 Å². The van der Waals surface area contributed by atoms with Crippen molar-refractivity contribution < 1.29 is 18.4 Å². The van der Waals surface area contributed by atoms with E-state index in [-0.39, 0.29) is 6.10 Å². The summed E-state index contributed by atoms with van der Waals surface area (Å²) >= 11 is 0. The predicted octanol–water partition coefficient (Wildman–Crippen LogP) is 3.39. The summed E-state index contributed by atoms with van der Waals surface area (Å²) in [7, 11) is 1.49. The van der Waals surface area contributed by atoms with Crippen molar-refractivity contribution in [2.75, 3.05) is 30.5 Å². The van der Waals surface area contributed by atoms with E-state index >= 15 is 0 Å². The van der Waals surface area contributed by atoms with Crippen LogP contribution in [0.3, 0.4) is 0 Å². The Hall–Kier alpha value is -3.20. The summed E-state index contributed by atoms with van der Waals surface area (Å²) in [4.78, 5) is 11.2. The number of fused-ring (bicyclic) bond motifs is 3. The zero-order valence-electron chi connectivity index (χ0n) is 15.8. The molecular weight excluding hydrogens is 377 g/mol. The highest BCUT2D eigenvalue weighted by Gasteiger charge is 2.36. The van der Waals surface area contributed by atoms with Crippen molar-refractivity contribution in [3.8, 4) is 17.0 Å². The third kappa shape index (κ3) is 3.49. The first kappa shape index (κ1) is 17.9. The summed E-state index contributed by atoms with van der Waals surface area (Å²) in [5, 5.41) is 7.03. The van der Waals surface area contributed by atoms with Crippen LogP contribution >= 0.6 is 0 Å². The number of aromatic nitrogens is 3. The zero-order chi connectivity index (χ0) is 19.8. The highest BCUT2D eigenvalue weighted by atomic mass is 19.1. The van der Waals surface area contributed by atoms with Gasteiger partial charge in [-0.2, -0.15) is 4.98 Å². The monoisotopic (exact) mass is 397 g/mol. The summed E-state index contributed by atoms with van der Waals surface area (Å²) in [6.45, 7) is 1.52. The van der Waals surface area contributed by atoms with Crippen molar-refractivity contribution >= 4 is 17.7 Å². The zero-order valence-corrected chi connectivity index (χ0v) is 15.8. The van der Waals surface area contributed by atoms with Gasteiger partial charge in [0, 0.05) is 30.4 Å². The molecule has 2 unspecified atom stereocenters. The maximum Gasteiger partial charge on any atom is 0.230 e. The van der Waals surface area contributed by atoms with Crippen molar-refractivity contribution in [1.82, 2.24) is 15.1 Å². The second kappa shape index (κ2) is 7.32. The SMILES string of the molecule is COc1ccc(-c2cc(Nc3ccnc(N4CC5CCC4CO5)n3)on2)c(F)c1. The van der Waals surface area contributed by atoms with E-state index in [1.165, 1.54) is 13.2 Å². The molecule has 0 saturated carbocycles. The lowest BCUT2D eigenvalue weighted by atomic mass is 9.97. The van der Waals surface area contributed by atoms with Gasteiger partial charge in [0.15, 0.2) is 0 Å². The second-order valence-electron chi connectivity index (χ2n) is 7.13. The molecule has 3 aromatic rings. The number of morpholine rings is 1. The predicted molar refractivity (Wildman–Crippen MR) is 104 cm³/mol. The molecule has 150 valence electrons. The molecule has 3 saturated heterocycles. The Labute approximate surface area is 166 Å². The number of rotatable bonds is 5. The standard InChI is InChI=1S/C20H20FN5O3/c1-27-13-4-5-15(16(21)8-13)17-9-19(29-25-17)23-18-6-7-22-20(24-18)26-10-14-3-2-12(26)11-28-14/h4-9,12,14H,2-3,10-11H2,1H3,(H,22,23,24). The molecule has 3 aliphatic heterocycles. The van der Waals surface area contributed by atoms with E-state index in [2.05, 4.69) is 25.3 Å². The molecule has 9 heteroatoms. The van der Waals surface area contributed by atoms with Crippen LogP contribution in [0.2, 0.25) is 0 Å². The van der Waals surface area contributed by atoms with Gasteiger partial charge in [0.2, 0.25) is 11.8 Å². The van der Waals surface area contributed by atoms with Gasteiger partial charge in [-0.3, -0.25) is 0 Å². The Morgan fingerprint density at radius 2 is 2.17 bits per heavy atom. The number of benzene rings is 1. The number of hydrogen-bond donors (Lipinski definition) is 1. The molecule has 0 amide bonds. The fourth-order valence-corrected chi connectivity index (χ4v) is 3.77. The van der Waals surface area contributed by atoms with Gasteiger partial charge in [-0.05, 0) is 31.0 Å². The van der Waals surface area contributed by atoms with E-state index in [1.54, 1.807) is 30.5 Å². The molecule has 0 radical (unpaired) electrons. The Bertz CT molecular complexity index is 1020. The minimum absolute atomic E-state index is 0.247. The third-order valence-electron chi connectivity index (χ3n) is 5.30. The lowest BCUT2D eigenvalue weighted by molar-refractivity contribution is -0.0232. The molecule has 1 N–H and O–H groups in total. The minimum atomic E-state index is -0.434. The first-order valence-electron chi connectivity index (χ1n) is 9.48. The Morgan fingerprint density at radius 3 is 2.90 bits per heavy atom. The van der Waals surface area contributed by atoms with Gasteiger partial charge in [0.25, 0.3) is 0 Å². The molecule has 6 rings (SSSR count). The van der Waals surface area contributed by atoms with Gasteiger partial charge in [-0.25, -0.2) is 9.37 Å². The Balaban J connectivity index is 1.34. The molecule has 0 aliphatic carbocycles. The number of nitrogens with one attached hydrogen (secondary N) is 1. The fourth-order valence-electron chi connectivity index (χ4n) is 3.77. The van der Waals surface area contributed by atoms with Crippen molar-refractivity contribution in [3.05, 3.63) is 42.3 Å². The lowest BCUT2D eigenvalue weighted by Crippen LogP contribution is -2.55. The van der Waals surface area contributed by atoms with Gasteiger partial charge >= 0.3 is 0 Å². The van der Waals surface area contributed by atoms with E-state index in [0.29, 0.717) is 47.3 Å². The molecule has 3 aliphatic rings. The first-order valence-corrected chi connectivity index (χ1v) is 9.48. The number of methoxy groups -OCH3 is 1. The summed E-state index contributed by atoms with van der Waals surface area (Å²) in [5.74, 6) is 1.61. The Kier molecular flexibility index (Phi) is 4.51. The second-order valence-corrected chi connectivity index (χ2v) is 7.13. The molecule has 2 atom stereocenters. The average Bonchev–Trinajstić information content (AvgIpc) is 3.22. The summed E-state index contributed by atoms with van der Waals surface area (Å²) in [5.41, 5.74) is 0.711. The molecule has 5 heterocycles. The van der Waals surface area contributed by atoms with Crippen LogP contribution < -0.4 is 15.0 Å². The largest absolute Gasteiger partial charge is 0.497 e. The molecule has 2 aromatic heterocycles. The lowest BCUT2D eigenvalue weighted by Gasteiger charge is -2.45. The van der Waals surface area contributed by atoms with Crippen molar-refractivity contribution in [2.45, 2.75) is 25.0 Å². The number of anilines is 3. The fraction of sp³-hybridized carbons (Fsp3) is 0.350. The number of ether oxygens (including phenoxy) is 2. The highest BCUT2D eigenvalue weighted by molar-refractivity contribution is 5.65. The minimum Gasteiger partial charge on any atom is -0.497 e. The van der Waals surface area contributed by atoms with E-state index < -0.39 is 5.82 Å². The van der Waals surface area contributed by atoms with Gasteiger partial charge in [-0.15, -0.1) is 0 Å². The van der Waals surface area contributed by atoms with E-state index in [4.69, 9.17) is 14.0 Å². The van der Waals surface area contributed by atoms with Gasteiger partial charge < -0.3 is 24.2 Å². The van der Waals surface area contributed by atoms with Crippen molar-refractivity contribution in [1.29, 1.82) is 0 Å². The van der Waals surface area contributed by atoms with Crippen LogP contribution in [0.1, 0.15) is 12.8 Å². The van der Waals surface area contributed by atoms with Gasteiger partial charge in [0.05, 0.1) is 25.9 Å². The molecule has 2 bridgehead atoms. The molecule has 3 fully saturated rings. The molecule has 8 nitrogen and oxygen atoms in total. The van der Waals surface area contributed by atoms with Gasteiger partial charge in [-0.1, -0.05) is 5.16 Å². The Morgan fingerprint density at radius 1 is 1.24 bits per heavy atom. The van der Waals surface area contributed by atoms with Crippen LogP contribution in [0.4, 0.5) is 22.0 Å². The van der Waals surface area contributed by atoms with Crippen LogP contribution in [-0.2, 0) is 4.74 Å². The third-order valence-corrected chi connectivity index (χ3v) is 5.30. The maximum atomic E-state index is 14.3. The number of piperidine rings is 1. The molecule has 29 heavy (non-hydrogen) atoms. The van der Waals surface area contributed by atoms with Crippen LogP contribution in [0, 0.1) is 5.82 Å². The first-order chi connectivity index (χ1) is 14.2.